The van der Waals surface area contributed by atoms with Crippen LogP contribution in [0.5, 0.6) is 0 Å². The van der Waals surface area contributed by atoms with E-state index in [1.165, 1.54) is 0 Å². The van der Waals surface area contributed by atoms with E-state index < -0.39 is 0 Å². The largest absolute Gasteiger partial charge is 0.316 e. The number of nitrogens with zero attached hydrogens (tertiary/aromatic N) is 1. The molecule has 0 amide bonds. The van der Waals surface area contributed by atoms with E-state index in [-0.39, 0.29) is 6.17 Å². The first kappa shape index (κ1) is 12.6. The molecular weight excluding hydrogens is 124 g/mol. The molecule has 0 aromatic rings. The Balaban J connectivity index is 0. The van der Waals surface area contributed by atoms with Crippen LogP contribution >= 0.6 is 0 Å². The van der Waals surface area contributed by atoms with Crippen LogP contribution in [0, 0.1) is 0 Å². The van der Waals surface area contributed by atoms with Crippen molar-refractivity contribution in [3.8, 4) is 0 Å². The summed E-state index contributed by atoms with van der Waals surface area (Å²) in [5.41, 5.74) is 5.65. The van der Waals surface area contributed by atoms with Crippen molar-refractivity contribution in [2.24, 2.45) is 5.73 Å². The molecule has 1 unspecified atom stereocenters. The lowest BCUT2D eigenvalue weighted by Gasteiger charge is -2.20. The van der Waals surface area contributed by atoms with Gasteiger partial charge in [0.2, 0.25) is 0 Å². The Morgan fingerprint density at radius 2 is 1.70 bits per heavy atom. The van der Waals surface area contributed by atoms with E-state index in [1.54, 1.807) is 0 Å². The minimum Gasteiger partial charge on any atom is -0.316 e. The fourth-order valence-electron chi connectivity index (χ4n) is 0.546. The molecule has 0 fully saturated rings. The highest BCUT2D eigenvalue weighted by molar-refractivity contribution is 4.55. The average molecular weight is 146 g/mol. The highest BCUT2D eigenvalue weighted by Crippen LogP contribution is 1.90. The molecule has 2 nitrogen and oxygen atoms in total. The first-order chi connectivity index (χ1) is 4.72. The first-order valence-corrected chi connectivity index (χ1v) is 4.18. The van der Waals surface area contributed by atoms with Gasteiger partial charge >= 0.3 is 0 Å². The first-order valence-electron chi connectivity index (χ1n) is 4.18. The van der Waals surface area contributed by atoms with Crippen LogP contribution in [0.15, 0.2) is 0 Å². The molecule has 10 heavy (non-hydrogen) atoms. The normalized spacial score (nSPS) is 12.3. The van der Waals surface area contributed by atoms with Gasteiger partial charge in [0.05, 0.1) is 6.17 Å². The maximum atomic E-state index is 5.65. The highest BCUT2D eigenvalue weighted by atomic mass is 15.2. The van der Waals surface area contributed by atoms with Crippen LogP contribution in [0.1, 0.15) is 34.1 Å². The van der Waals surface area contributed by atoms with Gasteiger partial charge in [-0.1, -0.05) is 27.7 Å². The van der Waals surface area contributed by atoms with E-state index in [4.69, 9.17) is 5.73 Å². The Labute approximate surface area is 65.4 Å². The molecular formula is C8H22N2. The van der Waals surface area contributed by atoms with E-state index in [1.807, 2.05) is 20.9 Å². The second-order valence-corrected chi connectivity index (χ2v) is 2.05. The van der Waals surface area contributed by atoms with Crippen molar-refractivity contribution < 1.29 is 0 Å². The van der Waals surface area contributed by atoms with Gasteiger partial charge in [0.15, 0.2) is 0 Å². The summed E-state index contributed by atoms with van der Waals surface area (Å²) in [5.74, 6) is 0. The van der Waals surface area contributed by atoms with Crippen LogP contribution in [0.2, 0.25) is 0 Å². The van der Waals surface area contributed by atoms with Gasteiger partial charge in [0, 0.05) is 0 Å². The third kappa shape index (κ3) is 6.05. The third-order valence-electron chi connectivity index (χ3n) is 1.48. The molecule has 0 aliphatic rings. The Morgan fingerprint density at radius 3 is 1.80 bits per heavy atom. The fraction of sp³-hybridized carbons (Fsp3) is 1.00. The second kappa shape index (κ2) is 8.92. The topological polar surface area (TPSA) is 29.3 Å². The molecule has 0 aromatic heterocycles. The summed E-state index contributed by atoms with van der Waals surface area (Å²) < 4.78 is 0. The smallest absolute Gasteiger partial charge is 0.0566 e. The molecule has 2 N–H and O–H groups in total. The van der Waals surface area contributed by atoms with Crippen molar-refractivity contribution in [2.45, 2.75) is 40.3 Å². The molecule has 0 saturated heterocycles. The zero-order valence-electron chi connectivity index (χ0n) is 8.02. The van der Waals surface area contributed by atoms with E-state index in [2.05, 4.69) is 18.7 Å². The standard InChI is InChI=1S/C6H16N2.C2H6/c1-4-6(7)8(3)5-2;1-2/h6H,4-5,7H2,1-3H3;1-2H3. The Bertz CT molecular complexity index is 47.2. The lowest BCUT2D eigenvalue weighted by Crippen LogP contribution is -2.38. The van der Waals surface area contributed by atoms with Gasteiger partial charge in [-0.05, 0) is 20.0 Å². The molecule has 0 radical (unpaired) electrons. The summed E-state index contributed by atoms with van der Waals surface area (Å²) in [7, 11) is 2.04. The molecule has 64 valence electrons. The second-order valence-electron chi connectivity index (χ2n) is 2.05. The van der Waals surface area contributed by atoms with Crippen LogP contribution in [0.3, 0.4) is 0 Å². The van der Waals surface area contributed by atoms with Gasteiger partial charge in [-0.15, -0.1) is 0 Å². The Kier molecular flexibility index (Phi) is 11.2. The van der Waals surface area contributed by atoms with Gasteiger partial charge < -0.3 is 5.73 Å². The predicted octanol–water partition coefficient (Wildman–Crippen LogP) is 1.66. The van der Waals surface area contributed by atoms with Crippen LogP contribution < -0.4 is 5.73 Å². The molecule has 0 aliphatic heterocycles. The maximum absolute atomic E-state index is 5.65. The predicted molar refractivity (Wildman–Crippen MR) is 47.9 cm³/mol. The summed E-state index contributed by atoms with van der Waals surface area (Å²) >= 11 is 0. The molecule has 0 bridgehead atoms. The van der Waals surface area contributed by atoms with E-state index in [0.717, 1.165) is 13.0 Å². The van der Waals surface area contributed by atoms with Gasteiger partial charge in [-0.25, -0.2) is 0 Å². The van der Waals surface area contributed by atoms with E-state index in [0.29, 0.717) is 0 Å². The van der Waals surface area contributed by atoms with Crippen LogP contribution in [-0.2, 0) is 0 Å². The number of rotatable bonds is 3. The van der Waals surface area contributed by atoms with Crippen molar-refractivity contribution >= 4 is 0 Å². The summed E-state index contributed by atoms with van der Waals surface area (Å²) in [6.07, 6.45) is 1.28. The third-order valence-corrected chi connectivity index (χ3v) is 1.48. The summed E-state index contributed by atoms with van der Waals surface area (Å²) in [6.45, 7) is 9.24. The summed E-state index contributed by atoms with van der Waals surface area (Å²) in [4.78, 5) is 2.12. The molecule has 1 atom stereocenters. The Morgan fingerprint density at radius 1 is 1.30 bits per heavy atom. The molecule has 0 heterocycles. The van der Waals surface area contributed by atoms with Crippen LogP contribution in [-0.4, -0.2) is 24.7 Å². The summed E-state index contributed by atoms with van der Waals surface area (Å²) in [6, 6.07) is 0. The van der Waals surface area contributed by atoms with Crippen molar-refractivity contribution in [1.29, 1.82) is 0 Å². The van der Waals surface area contributed by atoms with Crippen molar-refractivity contribution in [3.63, 3.8) is 0 Å². The highest BCUT2D eigenvalue weighted by Gasteiger charge is 2.01. The minimum atomic E-state index is 0.250. The number of hydrogen-bond donors (Lipinski definition) is 1. The fourth-order valence-corrected chi connectivity index (χ4v) is 0.546. The molecule has 0 aromatic carbocycles. The van der Waals surface area contributed by atoms with E-state index in [9.17, 15) is 0 Å². The maximum Gasteiger partial charge on any atom is 0.0566 e. The van der Waals surface area contributed by atoms with Gasteiger partial charge in [0.1, 0.15) is 0 Å². The van der Waals surface area contributed by atoms with Crippen LogP contribution in [0.4, 0.5) is 0 Å². The molecule has 0 aliphatic carbocycles. The number of hydrogen-bond acceptors (Lipinski definition) is 2. The van der Waals surface area contributed by atoms with Gasteiger partial charge in [0.25, 0.3) is 0 Å². The summed E-state index contributed by atoms with van der Waals surface area (Å²) in [5, 5.41) is 0. The quantitative estimate of drug-likeness (QED) is 0.614. The molecule has 0 saturated carbocycles. The average Bonchev–Trinajstić information content (AvgIpc) is 2.05. The van der Waals surface area contributed by atoms with Crippen molar-refractivity contribution in [3.05, 3.63) is 0 Å². The monoisotopic (exact) mass is 146 g/mol. The van der Waals surface area contributed by atoms with Gasteiger partial charge in [-0.3, -0.25) is 4.90 Å². The zero-order valence-corrected chi connectivity index (χ0v) is 8.02. The minimum absolute atomic E-state index is 0.250. The SMILES string of the molecule is CC.CCC(N)N(C)CC. The molecule has 0 rings (SSSR count). The molecule has 0 spiro atoms. The lowest BCUT2D eigenvalue weighted by molar-refractivity contribution is 0.253. The number of nitrogens with two attached hydrogens (primary N) is 1. The van der Waals surface area contributed by atoms with E-state index >= 15 is 0 Å². The van der Waals surface area contributed by atoms with Gasteiger partial charge in [-0.2, -0.15) is 0 Å². The Hall–Kier alpha value is -0.0800. The molecule has 2 heteroatoms. The van der Waals surface area contributed by atoms with Crippen molar-refractivity contribution in [2.75, 3.05) is 13.6 Å². The van der Waals surface area contributed by atoms with Crippen molar-refractivity contribution in [1.82, 2.24) is 4.90 Å². The zero-order chi connectivity index (χ0) is 8.57. The lowest BCUT2D eigenvalue weighted by atomic mass is 10.3. The van der Waals surface area contributed by atoms with Crippen LogP contribution in [0.25, 0.3) is 0 Å².